The van der Waals surface area contributed by atoms with Gasteiger partial charge in [0.15, 0.2) is 17.2 Å². The fourth-order valence-electron chi connectivity index (χ4n) is 1.86. The van der Waals surface area contributed by atoms with Crippen LogP contribution in [0.2, 0.25) is 0 Å². The van der Waals surface area contributed by atoms with E-state index in [1.807, 2.05) is 0 Å². The average molecular weight is 306 g/mol. The van der Waals surface area contributed by atoms with E-state index < -0.39 is 23.3 Å². The molecule has 22 heavy (non-hydrogen) atoms. The van der Waals surface area contributed by atoms with E-state index in [0.717, 1.165) is 17.7 Å². The second-order valence-electron chi connectivity index (χ2n) is 4.62. The topological polar surface area (TPSA) is 102 Å². The maximum atomic E-state index is 13.0. The Morgan fingerprint density at radius 1 is 1.09 bits per heavy atom. The number of aromatic hydroxyl groups is 3. The van der Waals surface area contributed by atoms with Gasteiger partial charge in [0.1, 0.15) is 5.82 Å². The third-order valence-electron chi connectivity index (χ3n) is 2.92. The molecule has 0 aliphatic carbocycles. The van der Waals surface area contributed by atoms with E-state index in [-0.39, 0.29) is 18.0 Å². The first-order chi connectivity index (χ1) is 10.5. The number of phenolic OH excluding ortho intramolecular Hbond substituents is 3. The lowest BCUT2D eigenvalue weighted by atomic mass is 10.1. The molecule has 0 spiro atoms. The number of urea groups is 1. The summed E-state index contributed by atoms with van der Waals surface area (Å²) in [7, 11) is 0. The molecule has 0 fully saturated rings. The van der Waals surface area contributed by atoms with Crippen LogP contribution in [0, 0.1) is 5.82 Å². The number of amides is 2. The van der Waals surface area contributed by atoms with Crippen LogP contribution in [-0.4, -0.2) is 27.9 Å². The number of rotatable bonds is 4. The lowest BCUT2D eigenvalue weighted by Crippen LogP contribution is -2.30. The van der Waals surface area contributed by atoms with Crippen LogP contribution in [0.1, 0.15) is 5.56 Å². The molecule has 0 saturated heterocycles. The highest BCUT2D eigenvalue weighted by molar-refractivity contribution is 5.90. The molecular formula is C15H15FN2O4. The number of carbonyl (C=O) groups excluding carboxylic acids is 1. The Balaban J connectivity index is 1.86. The van der Waals surface area contributed by atoms with E-state index in [2.05, 4.69) is 10.6 Å². The van der Waals surface area contributed by atoms with Gasteiger partial charge in [-0.3, -0.25) is 0 Å². The number of anilines is 1. The molecule has 0 heterocycles. The van der Waals surface area contributed by atoms with Gasteiger partial charge in [-0.05, 0) is 24.1 Å². The number of carbonyl (C=O) groups is 1. The van der Waals surface area contributed by atoms with Crippen LogP contribution in [-0.2, 0) is 6.42 Å². The van der Waals surface area contributed by atoms with Gasteiger partial charge in [-0.15, -0.1) is 0 Å². The van der Waals surface area contributed by atoms with Crippen LogP contribution in [0.15, 0.2) is 36.4 Å². The molecule has 0 aromatic heterocycles. The smallest absolute Gasteiger partial charge is 0.319 e. The normalized spacial score (nSPS) is 10.2. The first kappa shape index (κ1) is 15.4. The highest BCUT2D eigenvalue weighted by atomic mass is 19.1. The maximum Gasteiger partial charge on any atom is 0.319 e. The summed E-state index contributed by atoms with van der Waals surface area (Å²) >= 11 is 0. The predicted octanol–water partition coefficient (Wildman–Crippen LogP) is 2.31. The molecule has 2 aromatic rings. The van der Waals surface area contributed by atoms with Crippen molar-refractivity contribution in [3.05, 3.63) is 47.8 Å². The van der Waals surface area contributed by atoms with Gasteiger partial charge in [-0.2, -0.15) is 0 Å². The Labute approximate surface area is 125 Å². The molecule has 0 bridgehead atoms. The molecule has 0 saturated carbocycles. The van der Waals surface area contributed by atoms with Crippen molar-refractivity contribution in [2.45, 2.75) is 6.42 Å². The predicted molar refractivity (Wildman–Crippen MR) is 78.6 cm³/mol. The van der Waals surface area contributed by atoms with E-state index in [1.54, 1.807) is 12.1 Å². The van der Waals surface area contributed by atoms with Crippen LogP contribution in [0.3, 0.4) is 0 Å². The molecule has 0 atom stereocenters. The molecule has 116 valence electrons. The molecule has 2 aromatic carbocycles. The molecule has 5 N–H and O–H groups in total. The third-order valence-corrected chi connectivity index (χ3v) is 2.92. The summed E-state index contributed by atoms with van der Waals surface area (Å²) in [5.41, 5.74) is 0.872. The number of benzene rings is 2. The molecule has 2 amide bonds. The van der Waals surface area contributed by atoms with Gasteiger partial charge in [0.05, 0.1) is 5.69 Å². The molecule has 0 unspecified atom stereocenters. The molecule has 0 radical (unpaired) electrons. The van der Waals surface area contributed by atoms with E-state index in [4.69, 9.17) is 0 Å². The summed E-state index contributed by atoms with van der Waals surface area (Å²) in [5.74, 6) is -2.08. The summed E-state index contributed by atoms with van der Waals surface area (Å²) in [6.45, 7) is 0.283. The molecule has 2 rings (SSSR count). The average Bonchev–Trinajstić information content (AvgIpc) is 2.44. The Hall–Kier alpha value is -2.96. The summed E-state index contributed by atoms with van der Waals surface area (Å²) < 4.78 is 13.0. The van der Waals surface area contributed by atoms with Gasteiger partial charge in [0.25, 0.3) is 0 Å². The molecule has 7 heteroatoms. The van der Waals surface area contributed by atoms with E-state index in [9.17, 15) is 24.5 Å². The SMILES string of the molecule is O=C(NCCc1cccc(F)c1)Nc1cc(O)c(O)c(O)c1. The minimum absolute atomic E-state index is 0.121. The van der Waals surface area contributed by atoms with Crippen LogP contribution < -0.4 is 10.6 Å². The van der Waals surface area contributed by atoms with Crippen molar-refractivity contribution in [1.29, 1.82) is 0 Å². The second-order valence-corrected chi connectivity index (χ2v) is 4.62. The Kier molecular flexibility index (Phi) is 4.67. The number of phenols is 3. The zero-order valence-electron chi connectivity index (χ0n) is 11.5. The van der Waals surface area contributed by atoms with Crippen LogP contribution in [0.5, 0.6) is 17.2 Å². The standard InChI is InChI=1S/C15H15FN2O4/c16-10-3-1-2-9(6-10)4-5-17-15(22)18-11-7-12(19)14(21)13(20)8-11/h1-3,6-8,19-21H,4-5H2,(H2,17,18,22). The zero-order valence-corrected chi connectivity index (χ0v) is 11.5. The van der Waals surface area contributed by atoms with E-state index >= 15 is 0 Å². The fourth-order valence-corrected chi connectivity index (χ4v) is 1.86. The Bertz CT molecular complexity index is 668. The van der Waals surface area contributed by atoms with Crippen molar-refractivity contribution in [1.82, 2.24) is 5.32 Å². The molecule has 0 aliphatic rings. The number of halogens is 1. The van der Waals surface area contributed by atoms with Crippen LogP contribution >= 0.6 is 0 Å². The molecule has 0 aliphatic heterocycles. The zero-order chi connectivity index (χ0) is 16.1. The van der Waals surface area contributed by atoms with Gasteiger partial charge < -0.3 is 26.0 Å². The highest BCUT2D eigenvalue weighted by Crippen LogP contribution is 2.37. The molecule has 6 nitrogen and oxygen atoms in total. The van der Waals surface area contributed by atoms with Crippen LogP contribution in [0.25, 0.3) is 0 Å². The highest BCUT2D eigenvalue weighted by Gasteiger charge is 2.10. The van der Waals surface area contributed by atoms with Gasteiger partial charge in [-0.25, -0.2) is 9.18 Å². The van der Waals surface area contributed by atoms with Crippen LogP contribution in [0.4, 0.5) is 14.9 Å². The van der Waals surface area contributed by atoms with Crippen molar-refractivity contribution in [2.75, 3.05) is 11.9 Å². The molecular weight excluding hydrogens is 291 g/mol. The lowest BCUT2D eigenvalue weighted by Gasteiger charge is -2.09. The second kappa shape index (κ2) is 6.66. The number of hydrogen-bond donors (Lipinski definition) is 5. The fraction of sp³-hybridized carbons (Fsp3) is 0.133. The number of hydrogen-bond acceptors (Lipinski definition) is 4. The number of nitrogens with one attached hydrogen (secondary N) is 2. The Morgan fingerprint density at radius 3 is 2.41 bits per heavy atom. The van der Waals surface area contributed by atoms with E-state index in [0.29, 0.717) is 6.42 Å². The third kappa shape index (κ3) is 4.02. The first-order valence-corrected chi connectivity index (χ1v) is 6.50. The van der Waals surface area contributed by atoms with Gasteiger partial charge in [0.2, 0.25) is 0 Å². The summed E-state index contributed by atoms with van der Waals surface area (Å²) in [6, 6.07) is 7.71. The largest absolute Gasteiger partial charge is 0.504 e. The Morgan fingerprint density at radius 2 is 1.77 bits per heavy atom. The first-order valence-electron chi connectivity index (χ1n) is 6.50. The lowest BCUT2D eigenvalue weighted by molar-refractivity contribution is 0.252. The van der Waals surface area contributed by atoms with Crippen molar-refractivity contribution in [2.24, 2.45) is 0 Å². The van der Waals surface area contributed by atoms with Crippen molar-refractivity contribution in [3.8, 4) is 17.2 Å². The van der Waals surface area contributed by atoms with E-state index in [1.165, 1.54) is 12.1 Å². The van der Waals surface area contributed by atoms with Crippen molar-refractivity contribution >= 4 is 11.7 Å². The summed E-state index contributed by atoms with van der Waals surface area (Å²) in [5, 5.41) is 32.8. The quantitative estimate of drug-likeness (QED) is 0.442. The summed E-state index contributed by atoms with van der Waals surface area (Å²) in [4.78, 5) is 11.7. The van der Waals surface area contributed by atoms with Gasteiger partial charge >= 0.3 is 6.03 Å². The van der Waals surface area contributed by atoms with Gasteiger partial charge in [-0.1, -0.05) is 12.1 Å². The van der Waals surface area contributed by atoms with Crippen molar-refractivity contribution < 1.29 is 24.5 Å². The minimum atomic E-state index is -0.655. The monoisotopic (exact) mass is 306 g/mol. The van der Waals surface area contributed by atoms with Gasteiger partial charge in [0, 0.05) is 18.7 Å². The van der Waals surface area contributed by atoms with Crippen molar-refractivity contribution in [3.63, 3.8) is 0 Å². The summed E-state index contributed by atoms with van der Waals surface area (Å²) in [6.07, 6.45) is 0.456. The minimum Gasteiger partial charge on any atom is -0.504 e. The maximum absolute atomic E-state index is 13.0.